The molecule has 1 aliphatic carbocycles. The molecule has 2 aromatic carbocycles. The standard InChI is InChI=1S/C14H13NO/c1-9(15-16)12-8-7-11-6-5-10-3-2-4-13(12)14(10)11/h2-4,7-8,16H,5-6H2,1H3. The van der Waals surface area contributed by atoms with Gasteiger partial charge in [-0.2, -0.15) is 0 Å². The highest BCUT2D eigenvalue weighted by atomic mass is 16.4. The maximum atomic E-state index is 8.89. The molecule has 3 rings (SSSR count). The quantitative estimate of drug-likeness (QED) is 0.438. The molecule has 0 bridgehead atoms. The lowest BCUT2D eigenvalue weighted by atomic mass is 9.98. The third-order valence-electron chi connectivity index (χ3n) is 3.42. The second-order valence-electron chi connectivity index (χ2n) is 4.30. The number of hydrogen-bond acceptors (Lipinski definition) is 2. The predicted molar refractivity (Wildman–Crippen MR) is 65.4 cm³/mol. The minimum atomic E-state index is 0.676. The predicted octanol–water partition coefficient (Wildman–Crippen LogP) is 3.14. The van der Waals surface area contributed by atoms with E-state index in [9.17, 15) is 0 Å². The van der Waals surface area contributed by atoms with Crippen LogP contribution in [0.1, 0.15) is 23.6 Å². The van der Waals surface area contributed by atoms with E-state index >= 15 is 0 Å². The summed E-state index contributed by atoms with van der Waals surface area (Å²) in [6, 6.07) is 10.6. The van der Waals surface area contributed by atoms with Crippen LogP contribution < -0.4 is 0 Å². The van der Waals surface area contributed by atoms with E-state index < -0.39 is 0 Å². The van der Waals surface area contributed by atoms with Gasteiger partial charge in [-0.3, -0.25) is 0 Å². The SMILES string of the molecule is CC(=NO)c1ccc2c3c(cccc13)CC2. The molecule has 0 fully saturated rings. The molecule has 0 atom stereocenters. The van der Waals surface area contributed by atoms with Gasteiger partial charge in [0.05, 0.1) is 5.71 Å². The zero-order valence-corrected chi connectivity index (χ0v) is 9.20. The molecule has 2 nitrogen and oxygen atoms in total. The molecule has 1 aliphatic rings. The van der Waals surface area contributed by atoms with Crippen LogP contribution in [0.3, 0.4) is 0 Å². The van der Waals surface area contributed by atoms with Crippen LogP contribution in [0.4, 0.5) is 0 Å². The largest absolute Gasteiger partial charge is 0.411 e. The summed E-state index contributed by atoms with van der Waals surface area (Å²) in [4.78, 5) is 0. The minimum absolute atomic E-state index is 0.676. The first-order chi connectivity index (χ1) is 7.81. The summed E-state index contributed by atoms with van der Waals surface area (Å²) >= 11 is 0. The Hall–Kier alpha value is -1.83. The molecule has 2 aromatic rings. The third-order valence-corrected chi connectivity index (χ3v) is 3.42. The first kappa shape index (κ1) is 9.40. The number of rotatable bonds is 1. The van der Waals surface area contributed by atoms with Gasteiger partial charge in [0.15, 0.2) is 0 Å². The highest BCUT2D eigenvalue weighted by Crippen LogP contribution is 2.32. The smallest absolute Gasteiger partial charge is 0.0843 e. The molecule has 0 spiro atoms. The van der Waals surface area contributed by atoms with E-state index in [1.54, 1.807) is 0 Å². The van der Waals surface area contributed by atoms with Crippen molar-refractivity contribution in [2.24, 2.45) is 5.16 Å². The number of benzene rings is 2. The van der Waals surface area contributed by atoms with Crippen molar-refractivity contribution in [2.75, 3.05) is 0 Å². The minimum Gasteiger partial charge on any atom is -0.411 e. The first-order valence-corrected chi connectivity index (χ1v) is 5.54. The van der Waals surface area contributed by atoms with Crippen LogP contribution in [-0.4, -0.2) is 10.9 Å². The van der Waals surface area contributed by atoms with Crippen molar-refractivity contribution in [1.82, 2.24) is 0 Å². The lowest BCUT2D eigenvalue weighted by Gasteiger charge is -2.07. The summed E-state index contributed by atoms with van der Waals surface area (Å²) in [5.74, 6) is 0. The van der Waals surface area contributed by atoms with Crippen molar-refractivity contribution in [3.8, 4) is 0 Å². The summed E-state index contributed by atoms with van der Waals surface area (Å²) in [6.45, 7) is 1.83. The number of nitrogens with zero attached hydrogens (tertiary/aromatic N) is 1. The average molecular weight is 211 g/mol. The molecule has 0 heterocycles. The van der Waals surface area contributed by atoms with Crippen molar-refractivity contribution < 1.29 is 5.21 Å². The van der Waals surface area contributed by atoms with Gasteiger partial charge >= 0.3 is 0 Å². The lowest BCUT2D eigenvalue weighted by Crippen LogP contribution is -1.96. The molecule has 0 unspecified atom stereocenters. The molecular weight excluding hydrogens is 198 g/mol. The van der Waals surface area contributed by atoms with Crippen LogP contribution in [-0.2, 0) is 12.8 Å². The van der Waals surface area contributed by atoms with Gasteiger partial charge in [0.2, 0.25) is 0 Å². The highest BCUT2D eigenvalue weighted by molar-refractivity contribution is 6.11. The highest BCUT2D eigenvalue weighted by Gasteiger charge is 2.16. The van der Waals surface area contributed by atoms with Gasteiger partial charge in [-0.1, -0.05) is 35.5 Å². The van der Waals surface area contributed by atoms with Gasteiger partial charge < -0.3 is 5.21 Å². The van der Waals surface area contributed by atoms with Crippen LogP contribution in [0.5, 0.6) is 0 Å². The topological polar surface area (TPSA) is 32.6 Å². The molecular formula is C14H13NO. The van der Waals surface area contributed by atoms with Gasteiger partial charge in [-0.15, -0.1) is 0 Å². The van der Waals surface area contributed by atoms with Gasteiger partial charge in [-0.05, 0) is 41.7 Å². The molecule has 0 radical (unpaired) electrons. The molecule has 16 heavy (non-hydrogen) atoms. The van der Waals surface area contributed by atoms with E-state index in [1.165, 1.54) is 21.9 Å². The van der Waals surface area contributed by atoms with E-state index in [1.807, 2.05) is 6.92 Å². The summed E-state index contributed by atoms with van der Waals surface area (Å²) < 4.78 is 0. The Morgan fingerprint density at radius 3 is 2.62 bits per heavy atom. The Kier molecular flexibility index (Phi) is 1.96. The zero-order chi connectivity index (χ0) is 11.1. The maximum Gasteiger partial charge on any atom is 0.0843 e. The van der Waals surface area contributed by atoms with E-state index in [0.717, 1.165) is 18.4 Å². The Bertz CT molecular complexity index is 589. The monoisotopic (exact) mass is 211 g/mol. The Morgan fingerprint density at radius 1 is 1.12 bits per heavy atom. The second kappa shape index (κ2) is 3.34. The van der Waals surface area contributed by atoms with E-state index in [-0.39, 0.29) is 0 Å². The second-order valence-corrected chi connectivity index (χ2v) is 4.30. The normalized spacial score (nSPS) is 14.7. The molecule has 0 amide bonds. The van der Waals surface area contributed by atoms with Crippen molar-refractivity contribution in [1.29, 1.82) is 0 Å². The van der Waals surface area contributed by atoms with Gasteiger partial charge in [0.25, 0.3) is 0 Å². The molecule has 2 heteroatoms. The lowest BCUT2D eigenvalue weighted by molar-refractivity contribution is 0.319. The van der Waals surface area contributed by atoms with Crippen molar-refractivity contribution in [3.05, 3.63) is 47.0 Å². The summed E-state index contributed by atoms with van der Waals surface area (Å²) in [5.41, 5.74) is 4.54. The van der Waals surface area contributed by atoms with Crippen LogP contribution in [0.25, 0.3) is 10.8 Å². The first-order valence-electron chi connectivity index (χ1n) is 5.54. The van der Waals surface area contributed by atoms with Crippen LogP contribution in [0, 0.1) is 0 Å². The maximum absolute atomic E-state index is 8.89. The molecule has 0 saturated heterocycles. The number of oxime groups is 1. The fourth-order valence-corrected chi connectivity index (χ4v) is 2.62. The van der Waals surface area contributed by atoms with E-state index in [4.69, 9.17) is 5.21 Å². The molecule has 80 valence electrons. The third kappa shape index (κ3) is 1.16. The number of hydrogen-bond donors (Lipinski definition) is 1. The summed E-state index contributed by atoms with van der Waals surface area (Å²) in [5, 5.41) is 14.8. The summed E-state index contributed by atoms with van der Waals surface area (Å²) in [6.07, 6.45) is 2.26. The van der Waals surface area contributed by atoms with Crippen LogP contribution in [0.15, 0.2) is 35.5 Å². The number of aryl methyl sites for hydroxylation is 2. The Balaban J connectivity index is 2.42. The van der Waals surface area contributed by atoms with Gasteiger partial charge in [-0.25, -0.2) is 0 Å². The van der Waals surface area contributed by atoms with E-state index in [2.05, 4.69) is 35.5 Å². The summed E-state index contributed by atoms with van der Waals surface area (Å²) in [7, 11) is 0. The van der Waals surface area contributed by atoms with Crippen molar-refractivity contribution in [2.45, 2.75) is 19.8 Å². The van der Waals surface area contributed by atoms with Gasteiger partial charge in [0.1, 0.15) is 0 Å². The van der Waals surface area contributed by atoms with Crippen molar-refractivity contribution in [3.63, 3.8) is 0 Å². The van der Waals surface area contributed by atoms with Crippen molar-refractivity contribution >= 4 is 16.5 Å². The Morgan fingerprint density at radius 2 is 1.88 bits per heavy atom. The molecule has 0 aliphatic heterocycles. The Labute approximate surface area is 94.2 Å². The van der Waals surface area contributed by atoms with Gasteiger partial charge in [0, 0.05) is 5.56 Å². The van der Waals surface area contributed by atoms with Crippen LogP contribution >= 0.6 is 0 Å². The average Bonchev–Trinajstić information content (AvgIpc) is 2.74. The van der Waals surface area contributed by atoms with Crippen LogP contribution in [0.2, 0.25) is 0 Å². The fraction of sp³-hybridized carbons (Fsp3) is 0.214. The zero-order valence-electron chi connectivity index (χ0n) is 9.20. The fourth-order valence-electron chi connectivity index (χ4n) is 2.62. The molecule has 0 aromatic heterocycles. The molecule has 0 saturated carbocycles. The molecule has 1 N–H and O–H groups in total. The van der Waals surface area contributed by atoms with E-state index in [0.29, 0.717) is 5.71 Å².